The lowest BCUT2D eigenvalue weighted by Crippen LogP contribution is -2.26. The maximum atomic E-state index is 11.1. The van der Waals surface area contributed by atoms with Crippen LogP contribution in [0.2, 0.25) is 0 Å². The number of carboxylic acid groups (broad SMARTS) is 2. The van der Waals surface area contributed by atoms with Crippen LogP contribution in [0.5, 0.6) is 0 Å². The number of carboxylic acids is 2. The summed E-state index contributed by atoms with van der Waals surface area (Å²) in [6, 6.07) is 9.21. The van der Waals surface area contributed by atoms with Gasteiger partial charge in [-0.3, -0.25) is 0 Å². The van der Waals surface area contributed by atoms with Crippen molar-refractivity contribution in [2.75, 3.05) is 10.6 Å². The van der Waals surface area contributed by atoms with Crippen LogP contribution in [0.1, 0.15) is 20.7 Å². The zero-order chi connectivity index (χ0) is 14.3. The van der Waals surface area contributed by atoms with Crippen molar-refractivity contribution in [1.29, 1.82) is 0 Å². The fourth-order valence-electron chi connectivity index (χ4n) is 2.19. The molecule has 0 bridgehead atoms. The average Bonchev–Trinajstić information content (AvgIpc) is 2.43. The second-order valence-electron chi connectivity index (χ2n) is 4.28. The maximum Gasteiger partial charge on any atom is 0.0737 e. The van der Waals surface area contributed by atoms with Gasteiger partial charge in [0, 0.05) is 11.1 Å². The van der Waals surface area contributed by atoms with Crippen molar-refractivity contribution in [2.24, 2.45) is 0 Å². The molecule has 6 nitrogen and oxygen atoms in total. The van der Waals surface area contributed by atoms with E-state index in [1.165, 1.54) is 12.1 Å². The molecule has 0 radical (unpaired) electrons. The van der Waals surface area contributed by atoms with E-state index in [1.54, 1.807) is 24.3 Å². The molecule has 0 saturated carbocycles. The predicted molar refractivity (Wildman–Crippen MR) is 68.1 cm³/mol. The molecule has 0 atom stereocenters. The van der Waals surface area contributed by atoms with Gasteiger partial charge in [0.25, 0.3) is 0 Å². The van der Waals surface area contributed by atoms with Crippen molar-refractivity contribution < 1.29 is 19.8 Å². The Morgan fingerprint density at radius 2 is 1.15 bits per heavy atom. The largest absolute Gasteiger partial charge is 0.545 e. The van der Waals surface area contributed by atoms with Crippen LogP contribution < -0.4 is 20.8 Å². The highest BCUT2D eigenvalue weighted by atomic mass is 16.4. The topological polar surface area (TPSA) is 104 Å². The van der Waals surface area contributed by atoms with E-state index in [4.69, 9.17) is 0 Å². The number of carbonyl (C=O) groups is 2. The van der Waals surface area contributed by atoms with Gasteiger partial charge in [0.15, 0.2) is 0 Å². The molecule has 2 N–H and O–H groups in total. The lowest BCUT2D eigenvalue weighted by atomic mass is 10.0. The zero-order valence-corrected chi connectivity index (χ0v) is 10.1. The number of aromatic carboxylic acids is 2. The van der Waals surface area contributed by atoms with Crippen LogP contribution in [0.15, 0.2) is 36.4 Å². The minimum absolute atomic E-state index is 0.000460. The summed E-state index contributed by atoms with van der Waals surface area (Å²) in [5.74, 6) is -2.62. The van der Waals surface area contributed by atoms with Gasteiger partial charge in [0.2, 0.25) is 0 Å². The van der Waals surface area contributed by atoms with Gasteiger partial charge in [0.1, 0.15) is 0 Å². The number of anilines is 4. The molecule has 0 aliphatic carbocycles. The molecule has 0 fully saturated rings. The average molecular weight is 268 g/mol. The number of carbonyl (C=O) groups excluding carboxylic acids is 2. The SMILES string of the molecule is O=C([O-])c1cccc2c1Nc1cccc(C(=O)[O-])c1N2. The van der Waals surface area contributed by atoms with E-state index in [9.17, 15) is 19.8 Å². The molecule has 6 heteroatoms. The number of fused-ring (bicyclic) bond motifs is 2. The van der Waals surface area contributed by atoms with E-state index in [1.807, 2.05) is 0 Å². The highest BCUT2D eigenvalue weighted by Crippen LogP contribution is 2.41. The van der Waals surface area contributed by atoms with Crippen LogP contribution in [0.3, 0.4) is 0 Å². The van der Waals surface area contributed by atoms with E-state index in [-0.39, 0.29) is 11.1 Å². The third kappa shape index (κ3) is 1.74. The molecule has 1 heterocycles. The van der Waals surface area contributed by atoms with Crippen molar-refractivity contribution in [1.82, 2.24) is 0 Å². The summed E-state index contributed by atoms with van der Waals surface area (Å²) in [4.78, 5) is 22.2. The lowest BCUT2D eigenvalue weighted by Gasteiger charge is -2.27. The summed E-state index contributed by atoms with van der Waals surface area (Å²) < 4.78 is 0. The Balaban J connectivity index is 2.16. The van der Waals surface area contributed by atoms with E-state index in [0.29, 0.717) is 22.7 Å². The zero-order valence-electron chi connectivity index (χ0n) is 10.1. The molecule has 2 aromatic carbocycles. The van der Waals surface area contributed by atoms with Crippen molar-refractivity contribution in [2.45, 2.75) is 0 Å². The molecular weight excluding hydrogens is 260 g/mol. The molecule has 0 aromatic heterocycles. The van der Waals surface area contributed by atoms with Crippen molar-refractivity contribution in [3.63, 3.8) is 0 Å². The van der Waals surface area contributed by atoms with Crippen molar-refractivity contribution in [3.8, 4) is 0 Å². The first kappa shape index (κ1) is 12.0. The van der Waals surface area contributed by atoms with Crippen molar-refractivity contribution in [3.05, 3.63) is 47.5 Å². The van der Waals surface area contributed by atoms with E-state index >= 15 is 0 Å². The Labute approximate surface area is 113 Å². The molecule has 0 unspecified atom stereocenters. The molecule has 0 spiro atoms. The fourth-order valence-corrected chi connectivity index (χ4v) is 2.19. The number of benzene rings is 2. The van der Waals surface area contributed by atoms with Gasteiger partial charge in [0.05, 0.1) is 34.7 Å². The summed E-state index contributed by atoms with van der Waals surface area (Å²) in [6.07, 6.45) is 0. The molecule has 1 aliphatic rings. The number of para-hydroxylation sites is 2. The summed E-state index contributed by atoms with van der Waals surface area (Å²) in [7, 11) is 0. The first-order valence-electron chi connectivity index (χ1n) is 5.80. The number of rotatable bonds is 2. The molecule has 20 heavy (non-hydrogen) atoms. The Morgan fingerprint density at radius 1 is 0.750 bits per heavy atom. The van der Waals surface area contributed by atoms with Crippen LogP contribution >= 0.6 is 0 Å². The molecular formula is C14H8N2O4-2. The molecule has 3 rings (SSSR count). The fraction of sp³-hybridized carbons (Fsp3) is 0. The second kappa shape index (κ2) is 4.27. The summed E-state index contributed by atoms with van der Waals surface area (Å²) in [5.41, 5.74) is 1.62. The normalized spacial score (nSPS) is 11.6. The third-order valence-corrected chi connectivity index (χ3v) is 3.09. The Morgan fingerprint density at radius 3 is 1.50 bits per heavy atom. The molecule has 0 amide bonds. The van der Waals surface area contributed by atoms with Gasteiger partial charge in [-0.25, -0.2) is 0 Å². The molecule has 100 valence electrons. The van der Waals surface area contributed by atoms with Gasteiger partial charge >= 0.3 is 0 Å². The van der Waals surface area contributed by atoms with Gasteiger partial charge in [-0.15, -0.1) is 0 Å². The Hall–Kier alpha value is -3.02. The Bertz CT molecular complexity index is 676. The minimum atomic E-state index is -1.31. The third-order valence-electron chi connectivity index (χ3n) is 3.09. The van der Waals surface area contributed by atoms with Gasteiger partial charge in [-0.05, 0) is 12.1 Å². The van der Waals surface area contributed by atoms with Gasteiger partial charge in [-0.2, -0.15) is 0 Å². The number of nitrogens with one attached hydrogen (secondary N) is 2. The maximum absolute atomic E-state index is 11.1. The van der Waals surface area contributed by atoms with Crippen LogP contribution in [-0.4, -0.2) is 11.9 Å². The summed E-state index contributed by atoms with van der Waals surface area (Å²) >= 11 is 0. The summed E-state index contributed by atoms with van der Waals surface area (Å²) in [6.45, 7) is 0. The Kier molecular flexibility index (Phi) is 2.57. The van der Waals surface area contributed by atoms with Crippen LogP contribution in [-0.2, 0) is 0 Å². The highest BCUT2D eigenvalue weighted by molar-refractivity contribution is 6.06. The van der Waals surface area contributed by atoms with Crippen LogP contribution in [0.25, 0.3) is 0 Å². The van der Waals surface area contributed by atoms with E-state index < -0.39 is 11.9 Å². The first-order valence-corrected chi connectivity index (χ1v) is 5.80. The van der Waals surface area contributed by atoms with Crippen LogP contribution in [0, 0.1) is 0 Å². The smallest absolute Gasteiger partial charge is 0.0737 e. The van der Waals surface area contributed by atoms with Crippen LogP contribution in [0.4, 0.5) is 22.7 Å². The van der Waals surface area contributed by atoms with Crippen molar-refractivity contribution >= 4 is 34.7 Å². The predicted octanol–water partition coefficient (Wildman–Crippen LogP) is 0.214. The molecule has 2 aromatic rings. The number of hydrogen-bond acceptors (Lipinski definition) is 6. The van der Waals surface area contributed by atoms with E-state index in [0.717, 1.165) is 0 Å². The lowest BCUT2D eigenvalue weighted by molar-refractivity contribution is -0.256. The second-order valence-corrected chi connectivity index (χ2v) is 4.28. The number of hydrogen-bond donors (Lipinski definition) is 2. The molecule has 1 aliphatic heterocycles. The monoisotopic (exact) mass is 268 g/mol. The van der Waals surface area contributed by atoms with Gasteiger partial charge < -0.3 is 30.4 Å². The summed E-state index contributed by atoms with van der Waals surface area (Å²) in [5, 5.41) is 28.0. The molecule has 0 saturated heterocycles. The van der Waals surface area contributed by atoms with E-state index in [2.05, 4.69) is 10.6 Å². The first-order chi connectivity index (χ1) is 9.58. The van der Waals surface area contributed by atoms with Gasteiger partial charge in [-0.1, -0.05) is 24.3 Å². The minimum Gasteiger partial charge on any atom is -0.545 e. The quantitative estimate of drug-likeness (QED) is 0.688. The standard InChI is InChI=1S/C14H10N2O4/c17-13(18)7-3-1-5-9-11(7)16-10-6-2-4-8(14(19)20)12(10)15-9/h1-6,15-16H,(H,17,18)(H,19,20)/p-2. The highest BCUT2D eigenvalue weighted by Gasteiger charge is 2.19.